The van der Waals surface area contributed by atoms with Gasteiger partial charge in [-0.2, -0.15) is 0 Å². The van der Waals surface area contributed by atoms with Crippen molar-refractivity contribution < 1.29 is 9.53 Å². The Morgan fingerprint density at radius 1 is 1.08 bits per heavy atom. The van der Waals surface area contributed by atoms with Crippen LogP contribution in [0.25, 0.3) is 27.8 Å². The molecule has 6 heteroatoms. The molecule has 38 heavy (non-hydrogen) atoms. The number of fused-ring (bicyclic) bond motifs is 2. The Bertz CT molecular complexity index is 1480. The van der Waals surface area contributed by atoms with Gasteiger partial charge in [0.05, 0.1) is 5.69 Å². The van der Waals surface area contributed by atoms with Gasteiger partial charge in [0.15, 0.2) is 0 Å². The van der Waals surface area contributed by atoms with Crippen molar-refractivity contribution in [3.05, 3.63) is 59.0 Å². The minimum atomic E-state index is -0.463. The zero-order valence-corrected chi connectivity index (χ0v) is 24.2. The third kappa shape index (κ3) is 4.81. The normalized spacial score (nSPS) is 15.4. The summed E-state index contributed by atoms with van der Waals surface area (Å²) in [6.45, 7) is 18.5. The molecule has 1 N–H and O–H groups in total. The molecule has 1 fully saturated rings. The van der Waals surface area contributed by atoms with E-state index in [0.717, 1.165) is 31.6 Å². The van der Waals surface area contributed by atoms with Crippen LogP contribution in [0.4, 0.5) is 4.79 Å². The fourth-order valence-electron chi connectivity index (χ4n) is 6.14. The second-order valence-electron chi connectivity index (χ2n) is 12.5. The average molecular weight is 515 g/mol. The number of benzene rings is 1. The van der Waals surface area contributed by atoms with E-state index in [1.54, 1.807) is 0 Å². The lowest BCUT2D eigenvalue weighted by molar-refractivity contribution is 0.0205. The molecule has 0 radical (unpaired) electrons. The maximum absolute atomic E-state index is 12.5. The van der Waals surface area contributed by atoms with Gasteiger partial charge in [-0.3, -0.25) is 0 Å². The number of aromatic nitrogens is 3. The molecule has 0 unspecified atom stereocenters. The van der Waals surface area contributed by atoms with Gasteiger partial charge in [-0.05, 0) is 87.1 Å². The highest BCUT2D eigenvalue weighted by Crippen LogP contribution is 2.41. The van der Waals surface area contributed by atoms with E-state index in [9.17, 15) is 4.79 Å². The molecular formula is C32H42N4O2. The number of amides is 1. The van der Waals surface area contributed by atoms with Crippen LogP contribution in [0.2, 0.25) is 0 Å². The van der Waals surface area contributed by atoms with Gasteiger partial charge in [-0.25, -0.2) is 9.78 Å². The van der Waals surface area contributed by atoms with Crippen LogP contribution in [0.5, 0.6) is 0 Å². The van der Waals surface area contributed by atoms with Crippen LogP contribution < -0.4 is 0 Å². The zero-order chi connectivity index (χ0) is 27.4. The van der Waals surface area contributed by atoms with Crippen LogP contribution in [-0.4, -0.2) is 44.1 Å². The van der Waals surface area contributed by atoms with Gasteiger partial charge in [0.25, 0.3) is 0 Å². The van der Waals surface area contributed by atoms with Gasteiger partial charge < -0.3 is 19.0 Å². The summed E-state index contributed by atoms with van der Waals surface area (Å²) in [5.74, 6) is 1.18. The van der Waals surface area contributed by atoms with Crippen molar-refractivity contribution in [1.82, 2.24) is 19.3 Å². The molecule has 1 amide bonds. The number of imidazole rings is 1. The zero-order valence-electron chi connectivity index (χ0n) is 24.2. The Labute approximate surface area is 226 Å². The number of rotatable bonds is 4. The van der Waals surface area contributed by atoms with E-state index >= 15 is 0 Å². The van der Waals surface area contributed by atoms with E-state index in [2.05, 4.69) is 73.4 Å². The molecule has 1 aliphatic heterocycles. The number of nitrogens with zero attached hydrogens (tertiary/aromatic N) is 3. The molecule has 1 saturated heterocycles. The van der Waals surface area contributed by atoms with Crippen molar-refractivity contribution in [2.75, 3.05) is 13.1 Å². The molecule has 0 atom stereocenters. The number of nitrogens with one attached hydrogen (secondary N) is 1. The highest BCUT2D eigenvalue weighted by molar-refractivity contribution is 5.93. The van der Waals surface area contributed by atoms with Crippen molar-refractivity contribution >= 4 is 22.6 Å². The Balaban J connectivity index is 1.50. The lowest BCUT2D eigenvalue weighted by atomic mass is 9.87. The monoisotopic (exact) mass is 514 g/mol. The molecule has 0 bridgehead atoms. The van der Waals surface area contributed by atoms with Crippen molar-refractivity contribution in [2.24, 2.45) is 0 Å². The maximum atomic E-state index is 12.5. The second kappa shape index (κ2) is 9.79. The predicted molar refractivity (Wildman–Crippen MR) is 155 cm³/mol. The van der Waals surface area contributed by atoms with E-state index in [1.165, 1.54) is 44.4 Å². The van der Waals surface area contributed by atoms with Crippen LogP contribution in [0, 0.1) is 6.92 Å². The average Bonchev–Trinajstić information content (AvgIpc) is 3.46. The fourth-order valence-corrected chi connectivity index (χ4v) is 6.14. The third-order valence-electron chi connectivity index (χ3n) is 7.89. The Hall–Kier alpha value is -3.28. The molecular weight excluding hydrogens is 472 g/mol. The molecule has 6 nitrogen and oxygen atoms in total. The molecule has 0 aliphatic carbocycles. The lowest BCUT2D eigenvalue weighted by Crippen LogP contribution is -2.41. The third-order valence-corrected chi connectivity index (χ3v) is 7.89. The summed E-state index contributed by atoms with van der Waals surface area (Å²) in [7, 11) is 0. The van der Waals surface area contributed by atoms with Crippen LogP contribution >= 0.6 is 0 Å². The molecule has 4 heterocycles. The molecule has 0 saturated carbocycles. The first kappa shape index (κ1) is 26.3. The smallest absolute Gasteiger partial charge is 0.410 e. The van der Waals surface area contributed by atoms with Gasteiger partial charge in [0.2, 0.25) is 0 Å². The Morgan fingerprint density at radius 3 is 2.39 bits per heavy atom. The van der Waals surface area contributed by atoms with Crippen molar-refractivity contribution in [2.45, 2.75) is 91.6 Å². The number of hydrogen-bond donors (Lipinski definition) is 1. The number of pyridine rings is 1. The molecule has 1 aromatic carbocycles. The molecule has 202 valence electrons. The fraction of sp³-hybridized carbons (Fsp3) is 0.500. The summed E-state index contributed by atoms with van der Waals surface area (Å²) in [6.07, 6.45) is 7.87. The highest BCUT2D eigenvalue weighted by Gasteiger charge is 2.28. The van der Waals surface area contributed by atoms with Crippen molar-refractivity contribution in [3.8, 4) is 11.3 Å². The van der Waals surface area contributed by atoms with Crippen LogP contribution in [0.15, 0.2) is 36.8 Å². The number of carbonyl (C=O) groups excluding carboxylic acids is 1. The highest BCUT2D eigenvalue weighted by atomic mass is 16.6. The standard InChI is InChI=1S/C32H42N4O2/c1-19(2)27-21(5)25(18-36-16-13-33-30(27)36)29-28(20(3)4)24-17-23(9-10-26(24)34-29)22-11-14-35(15-12-22)31(37)38-32(6,7)8/h9-10,13,16-20,22,34H,11-12,14-15H2,1-8H3. The molecule has 0 spiro atoms. The summed E-state index contributed by atoms with van der Waals surface area (Å²) in [6, 6.07) is 6.91. The quantitative estimate of drug-likeness (QED) is 0.299. The van der Waals surface area contributed by atoms with Gasteiger partial charge in [0, 0.05) is 53.7 Å². The van der Waals surface area contributed by atoms with Crippen molar-refractivity contribution in [3.63, 3.8) is 0 Å². The predicted octanol–water partition coefficient (Wildman–Crippen LogP) is 8.15. The first-order chi connectivity index (χ1) is 17.9. The number of aromatic amines is 1. The van der Waals surface area contributed by atoms with E-state index in [1.807, 2.05) is 38.1 Å². The maximum Gasteiger partial charge on any atom is 0.410 e. The summed E-state index contributed by atoms with van der Waals surface area (Å²) < 4.78 is 7.76. The molecule has 4 aromatic rings. The summed E-state index contributed by atoms with van der Waals surface area (Å²) >= 11 is 0. The Kier molecular flexibility index (Phi) is 6.79. The van der Waals surface area contributed by atoms with Crippen LogP contribution in [0.3, 0.4) is 0 Å². The number of piperidine rings is 1. The molecule has 5 rings (SSSR count). The van der Waals surface area contributed by atoms with Gasteiger partial charge in [0.1, 0.15) is 11.2 Å². The second-order valence-corrected chi connectivity index (χ2v) is 12.5. The number of H-pyrrole nitrogens is 1. The van der Waals surface area contributed by atoms with E-state index < -0.39 is 5.60 Å². The summed E-state index contributed by atoms with van der Waals surface area (Å²) in [4.78, 5) is 22.8. The SMILES string of the molecule is Cc1c(-c2[nH]c3ccc(C4CCN(C(=O)OC(C)(C)C)CC4)cc3c2C(C)C)cn2ccnc2c1C(C)C. The van der Waals surface area contributed by atoms with E-state index in [0.29, 0.717) is 17.8 Å². The summed E-state index contributed by atoms with van der Waals surface area (Å²) in [5, 5.41) is 1.30. The molecule has 1 aliphatic rings. The van der Waals surface area contributed by atoms with Crippen molar-refractivity contribution in [1.29, 1.82) is 0 Å². The van der Waals surface area contributed by atoms with Crippen LogP contribution in [-0.2, 0) is 4.74 Å². The lowest BCUT2D eigenvalue weighted by Gasteiger charge is -2.33. The van der Waals surface area contributed by atoms with Crippen LogP contribution in [0.1, 0.15) is 101 Å². The first-order valence-electron chi connectivity index (χ1n) is 14.0. The number of ether oxygens (including phenoxy) is 1. The van der Waals surface area contributed by atoms with Gasteiger partial charge in [-0.15, -0.1) is 0 Å². The van der Waals surface area contributed by atoms with Gasteiger partial charge >= 0.3 is 6.09 Å². The van der Waals surface area contributed by atoms with Gasteiger partial charge in [-0.1, -0.05) is 33.8 Å². The number of carbonyl (C=O) groups is 1. The summed E-state index contributed by atoms with van der Waals surface area (Å²) in [5.41, 5.74) is 9.53. The van der Waals surface area contributed by atoms with E-state index in [-0.39, 0.29) is 6.09 Å². The Morgan fingerprint density at radius 2 is 1.76 bits per heavy atom. The number of hydrogen-bond acceptors (Lipinski definition) is 3. The van der Waals surface area contributed by atoms with E-state index in [4.69, 9.17) is 4.74 Å². The first-order valence-corrected chi connectivity index (χ1v) is 14.0. The minimum absolute atomic E-state index is 0.199. The number of likely N-dealkylation sites (tertiary alicyclic amines) is 1. The molecule has 3 aromatic heterocycles. The topological polar surface area (TPSA) is 62.6 Å². The minimum Gasteiger partial charge on any atom is -0.444 e. The largest absolute Gasteiger partial charge is 0.444 e.